The van der Waals surface area contributed by atoms with E-state index < -0.39 is 78.7 Å². The van der Waals surface area contributed by atoms with Gasteiger partial charge in [0.1, 0.15) is 0 Å². The van der Waals surface area contributed by atoms with Crippen LogP contribution in [0.5, 0.6) is 0 Å². The molecule has 2 N–H and O–H groups in total. The van der Waals surface area contributed by atoms with Gasteiger partial charge in [-0.1, -0.05) is 0 Å². The Labute approximate surface area is 267 Å². The topological polar surface area (TPSA) is 58.2 Å². The van der Waals surface area contributed by atoms with Gasteiger partial charge in [-0.25, -0.2) is 0 Å². The van der Waals surface area contributed by atoms with Crippen molar-refractivity contribution >= 4 is 30.9 Å². The average Bonchev–Trinajstić information content (AvgIpc) is 3.71. The van der Waals surface area contributed by atoms with Gasteiger partial charge in [-0.3, -0.25) is 0 Å². The van der Waals surface area contributed by atoms with Crippen LogP contribution in [-0.2, 0) is 26.2 Å². The molecule has 0 unspecified atom stereocenters. The first-order valence-corrected chi connectivity index (χ1v) is 18.9. The van der Waals surface area contributed by atoms with Crippen LogP contribution in [0, 0.1) is 34.1 Å². The van der Waals surface area contributed by atoms with Gasteiger partial charge in [0.05, 0.1) is 0 Å². The number of carbonyl (C=O) groups is 2. The molecule has 2 aromatic carbocycles. The van der Waals surface area contributed by atoms with Gasteiger partial charge in [0.25, 0.3) is 0 Å². The summed E-state index contributed by atoms with van der Waals surface area (Å²) in [5.74, 6) is -4.88. The Morgan fingerprint density at radius 3 is 1.29 bits per heavy atom. The number of allylic oxidation sites excluding steroid dienone is 8. The number of amides is 2. The monoisotopic (exact) mass is 658 g/mol. The quantitative estimate of drug-likeness (QED) is 0.177. The molecule has 0 atom stereocenters. The molecule has 0 saturated heterocycles. The summed E-state index contributed by atoms with van der Waals surface area (Å²) in [5, 5.41) is 5.27. The Morgan fingerprint density at radius 1 is 0.644 bits per heavy atom. The number of hydrogen-bond donors (Lipinski definition) is 2. The van der Waals surface area contributed by atoms with Gasteiger partial charge < -0.3 is 0 Å². The number of hydrogen-bond acceptors (Lipinski definition) is 2. The Morgan fingerprint density at radius 2 is 0.978 bits per heavy atom. The summed E-state index contributed by atoms with van der Waals surface area (Å²) in [4.78, 5) is 26.5. The second-order valence-corrected chi connectivity index (χ2v) is 19.6. The van der Waals surface area contributed by atoms with Crippen molar-refractivity contribution in [2.24, 2.45) is 10.8 Å². The molecule has 240 valence electrons. The van der Waals surface area contributed by atoms with Crippen LogP contribution < -0.4 is 18.4 Å². The number of benzene rings is 2. The Kier molecular flexibility index (Phi) is 10.5. The summed E-state index contributed by atoms with van der Waals surface area (Å²) in [6.45, 7) is 10.8. The van der Waals surface area contributed by atoms with Crippen LogP contribution in [0.25, 0.3) is 0 Å². The second-order valence-electron chi connectivity index (χ2n) is 13.2. The summed E-state index contributed by atoms with van der Waals surface area (Å²) in [5.41, 5.74) is -2.17. The van der Waals surface area contributed by atoms with Crippen LogP contribution >= 0.6 is 0 Å². The molecule has 2 aliphatic rings. The van der Waals surface area contributed by atoms with E-state index in [-0.39, 0.29) is 11.4 Å². The van der Waals surface area contributed by atoms with Crippen molar-refractivity contribution in [1.82, 2.24) is 0 Å². The van der Waals surface area contributed by atoms with E-state index in [1.54, 1.807) is 76.3 Å². The van der Waals surface area contributed by atoms with Crippen LogP contribution in [0.3, 0.4) is 0 Å². The van der Waals surface area contributed by atoms with Crippen LogP contribution in [0.2, 0.25) is 8.45 Å². The third-order valence-corrected chi connectivity index (χ3v) is 17.5. The normalized spacial score (nSPS) is 15.3. The number of carbonyl (C=O) groups excluding carboxylic acids is 2. The van der Waals surface area contributed by atoms with E-state index >= 15 is 17.6 Å². The van der Waals surface area contributed by atoms with Crippen molar-refractivity contribution in [2.45, 2.75) is 75.7 Å². The summed E-state index contributed by atoms with van der Waals surface area (Å²) in [6, 6.07) is 4.42. The van der Waals surface area contributed by atoms with Crippen molar-refractivity contribution in [1.29, 1.82) is 0 Å². The standard InChI is InChI=1S/2C13H16F2NO.2C5H5.Ti/c2*1-4-7-13(2,3)12(17)16-11-6-5-9(14)8-10(11)15;2*1-2-4-5-3-1;/h2*5-6H,4,7H2,1-3H3,(H,16,17);2*1-5H;. The molecule has 4 rings (SSSR count). The van der Waals surface area contributed by atoms with Crippen molar-refractivity contribution < 1.29 is 43.7 Å². The molecule has 0 spiro atoms. The van der Waals surface area contributed by atoms with E-state index in [0.29, 0.717) is 12.8 Å². The van der Waals surface area contributed by atoms with Gasteiger partial charge >= 0.3 is 268 Å². The molecule has 2 amide bonds. The van der Waals surface area contributed by atoms with Crippen molar-refractivity contribution in [3.63, 3.8) is 0 Å². The summed E-state index contributed by atoms with van der Waals surface area (Å²) in [7, 11) is 0. The van der Waals surface area contributed by atoms with E-state index in [1.807, 2.05) is 13.8 Å². The molecule has 0 saturated carbocycles. The fourth-order valence-corrected chi connectivity index (χ4v) is 15.4. The first-order valence-electron chi connectivity index (χ1n) is 15.5. The summed E-state index contributed by atoms with van der Waals surface area (Å²) < 4.78 is 64.3. The molecular formula is C36H42F4N2O2Ti. The van der Waals surface area contributed by atoms with Gasteiger partial charge in [-0.2, -0.15) is 0 Å². The van der Waals surface area contributed by atoms with Gasteiger partial charge in [0.2, 0.25) is 0 Å². The minimum atomic E-state index is -5.09. The molecule has 4 nitrogen and oxygen atoms in total. The van der Waals surface area contributed by atoms with Gasteiger partial charge in [0.15, 0.2) is 0 Å². The van der Waals surface area contributed by atoms with Crippen LogP contribution in [0.15, 0.2) is 72.9 Å². The predicted octanol–water partition coefficient (Wildman–Crippen LogP) is 8.71. The second kappa shape index (κ2) is 13.6. The third kappa shape index (κ3) is 6.55. The average molecular weight is 659 g/mol. The van der Waals surface area contributed by atoms with Gasteiger partial charge in [-0.15, -0.1) is 0 Å². The van der Waals surface area contributed by atoms with E-state index in [1.165, 1.54) is 0 Å². The maximum atomic E-state index is 17.0. The maximum absolute atomic E-state index is 17.0. The molecule has 2 aliphatic carbocycles. The van der Waals surface area contributed by atoms with Gasteiger partial charge in [-0.05, 0) is 0 Å². The molecule has 2 aromatic rings. The fraction of sp³-hybridized carbons (Fsp3) is 0.389. The number of anilines is 2. The molecule has 0 radical (unpaired) electrons. The Bertz CT molecular complexity index is 1450. The third-order valence-electron chi connectivity index (χ3n) is 9.03. The SMILES string of the molecule is CCCC(C)(C)C(=O)Nc1ccc(F)[c]([Ti]([c]2c(F)ccc(NC(=O)C(C)(C)CCC)c2F)([CH]2C=CC=C2)[CH]2C=CC=C2)c1F. The zero-order chi connectivity index (χ0) is 33.2. The van der Waals surface area contributed by atoms with Crippen LogP contribution in [-0.4, -0.2) is 11.8 Å². The first-order chi connectivity index (χ1) is 21.2. The van der Waals surface area contributed by atoms with Crippen LogP contribution in [0.4, 0.5) is 28.9 Å². The molecule has 0 bridgehead atoms. The van der Waals surface area contributed by atoms with Crippen molar-refractivity contribution in [3.05, 3.63) is 96.1 Å². The van der Waals surface area contributed by atoms with E-state index in [2.05, 4.69) is 10.6 Å². The number of halogens is 4. The van der Waals surface area contributed by atoms with Gasteiger partial charge in [0, 0.05) is 0 Å². The molecule has 0 aliphatic heterocycles. The summed E-state index contributed by atoms with van der Waals surface area (Å²) >= 11 is -5.09. The number of rotatable bonds is 12. The predicted molar refractivity (Wildman–Crippen MR) is 171 cm³/mol. The van der Waals surface area contributed by atoms with Crippen molar-refractivity contribution in [2.75, 3.05) is 10.6 Å². The molecule has 0 fully saturated rings. The van der Waals surface area contributed by atoms with E-state index in [4.69, 9.17) is 0 Å². The molecule has 9 heteroatoms. The fourth-order valence-electron chi connectivity index (χ4n) is 6.60. The number of nitrogens with one attached hydrogen (secondary N) is 2. The molecule has 0 aromatic heterocycles. The molecular weight excluding hydrogens is 616 g/mol. The minimum absolute atomic E-state index is 0.251. The zero-order valence-corrected chi connectivity index (χ0v) is 28.3. The summed E-state index contributed by atoms with van der Waals surface area (Å²) in [6.07, 6.45) is 16.2. The zero-order valence-electron chi connectivity index (χ0n) is 26.7. The van der Waals surface area contributed by atoms with Crippen molar-refractivity contribution in [3.8, 4) is 0 Å². The van der Waals surface area contributed by atoms with E-state index in [0.717, 1.165) is 37.1 Å². The van der Waals surface area contributed by atoms with E-state index in [9.17, 15) is 9.59 Å². The molecule has 45 heavy (non-hydrogen) atoms. The Hall–Kier alpha value is -3.23. The molecule has 0 heterocycles. The Balaban J connectivity index is 2.02. The first kappa shape index (κ1) is 34.6. The van der Waals surface area contributed by atoms with Crippen LogP contribution in [0.1, 0.15) is 67.2 Å².